The zero-order chi connectivity index (χ0) is 19.8. The summed E-state index contributed by atoms with van der Waals surface area (Å²) in [5, 5.41) is 11.4. The summed E-state index contributed by atoms with van der Waals surface area (Å²) >= 11 is 0. The SMILES string of the molecule is CCC1C(O)C2C(C)C(=O)OC23CC(C2CC(C)C(=O)O2)[NH+]2CCCCC1C23. The highest BCUT2D eigenvalue weighted by Crippen LogP contribution is 2.56. The van der Waals surface area contributed by atoms with Crippen molar-refractivity contribution in [2.45, 2.75) is 89.2 Å². The Hall–Kier alpha value is -1.14. The number of hydrogen-bond acceptors (Lipinski definition) is 5. The van der Waals surface area contributed by atoms with Crippen LogP contribution in [0, 0.1) is 29.6 Å². The van der Waals surface area contributed by atoms with E-state index in [1.165, 1.54) is 4.90 Å². The molecule has 1 spiro atoms. The molecule has 5 rings (SSSR count). The van der Waals surface area contributed by atoms with Crippen LogP contribution < -0.4 is 4.90 Å². The smallest absolute Gasteiger partial charge is 0.309 e. The summed E-state index contributed by atoms with van der Waals surface area (Å²) in [7, 11) is 0. The van der Waals surface area contributed by atoms with Crippen molar-refractivity contribution < 1.29 is 29.1 Å². The number of carbonyl (C=O) groups is 2. The van der Waals surface area contributed by atoms with Gasteiger partial charge in [-0.05, 0) is 25.2 Å². The quantitative estimate of drug-likeness (QED) is 0.677. The number of hydrogen-bond donors (Lipinski definition) is 2. The van der Waals surface area contributed by atoms with Gasteiger partial charge in [-0.15, -0.1) is 0 Å². The van der Waals surface area contributed by atoms with Crippen LogP contribution in [0.15, 0.2) is 0 Å². The lowest BCUT2D eigenvalue weighted by atomic mass is 9.58. The van der Waals surface area contributed by atoms with Gasteiger partial charge in [0.05, 0.1) is 24.5 Å². The van der Waals surface area contributed by atoms with Gasteiger partial charge >= 0.3 is 11.9 Å². The normalized spacial score (nSPS) is 55.3. The maximum Gasteiger partial charge on any atom is 0.309 e. The highest BCUT2D eigenvalue weighted by Gasteiger charge is 2.75. The minimum absolute atomic E-state index is 0.0536. The van der Waals surface area contributed by atoms with Crippen LogP contribution in [-0.2, 0) is 19.1 Å². The van der Waals surface area contributed by atoms with Crippen LogP contribution >= 0.6 is 0 Å². The fraction of sp³-hybridized carbons (Fsp3) is 0.909. The summed E-state index contributed by atoms with van der Waals surface area (Å²) in [6.07, 6.45) is 5.23. The van der Waals surface area contributed by atoms with Gasteiger partial charge in [0.1, 0.15) is 12.1 Å². The number of carbonyl (C=O) groups excluding carboxylic acids is 2. The van der Waals surface area contributed by atoms with Crippen LogP contribution in [0.2, 0.25) is 0 Å². The molecule has 4 heterocycles. The molecule has 1 saturated carbocycles. The molecule has 2 N–H and O–H groups in total. The van der Waals surface area contributed by atoms with Gasteiger partial charge in [-0.1, -0.05) is 27.2 Å². The van der Waals surface area contributed by atoms with Crippen molar-refractivity contribution in [2.75, 3.05) is 6.54 Å². The van der Waals surface area contributed by atoms with Gasteiger partial charge in [0.25, 0.3) is 0 Å². The number of quaternary nitrogens is 1. The lowest BCUT2D eigenvalue weighted by Gasteiger charge is -2.50. The second-order valence-electron chi connectivity index (χ2n) is 10.1. The van der Waals surface area contributed by atoms with Crippen LogP contribution in [0.25, 0.3) is 0 Å². The van der Waals surface area contributed by atoms with Gasteiger partial charge in [-0.2, -0.15) is 0 Å². The summed E-state index contributed by atoms with van der Waals surface area (Å²) in [5.74, 6) is -0.119. The molecule has 6 heteroatoms. The Morgan fingerprint density at radius 1 is 1.21 bits per heavy atom. The molecule has 0 amide bonds. The number of aliphatic hydroxyl groups is 1. The molecule has 6 nitrogen and oxygen atoms in total. The first-order chi connectivity index (χ1) is 13.4. The van der Waals surface area contributed by atoms with Gasteiger partial charge < -0.3 is 19.5 Å². The molecule has 11 unspecified atom stereocenters. The molecular formula is C22H34NO5+. The highest BCUT2D eigenvalue weighted by atomic mass is 16.6. The van der Waals surface area contributed by atoms with E-state index in [4.69, 9.17) is 9.47 Å². The molecule has 5 aliphatic rings. The highest BCUT2D eigenvalue weighted by molar-refractivity contribution is 5.76. The lowest BCUT2D eigenvalue weighted by molar-refractivity contribution is -0.946. The molecule has 0 aromatic carbocycles. The number of ether oxygens (including phenoxy) is 2. The van der Waals surface area contributed by atoms with Crippen molar-refractivity contribution in [3.8, 4) is 0 Å². The first-order valence-corrected chi connectivity index (χ1v) is 11.4. The molecule has 1 aliphatic carbocycles. The Balaban J connectivity index is 1.59. The molecule has 0 bridgehead atoms. The molecule has 156 valence electrons. The number of aliphatic hydroxyl groups excluding tert-OH is 1. The van der Waals surface area contributed by atoms with Crippen LogP contribution in [-0.4, -0.2) is 53.5 Å². The maximum absolute atomic E-state index is 12.7. The largest absolute Gasteiger partial charge is 0.456 e. The van der Waals surface area contributed by atoms with E-state index in [1.54, 1.807) is 0 Å². The molecule has 28 heavy (non-hydrogen) atoms. The van der Waals surface area contributed by atoms with Gasteiger partial charge in [0.2, 0.25) is 0 Å². The maximum atomic E-state index is 12.7. The minimum Gasteiger partial charge on any atom is -0.456 e. The predicted octanol–water partition coefficient (Wildman–Crippen LogP) is 0.713. The Morgan fingerprint density at radius 2 is 2.00 bits per heavy atom. The zero-order valence-corrected chi connectivity index (χ0v) is 17.2. The molecule has 0 aromatic heterocycles. The lowest BCUT2D eigenvalue weighted by Crippen LogP contribution is -3.20. The van der Waals surface area contributed by atoms with Crippen LogP contribution in [0.4, 0.5) is 0 Å². The van der Waals surface area contributed by atoms with E-state index in [2.05, 4.69) is 6.92 Å². The van der Waals surface area contributed by atoms with E-state index >= 15 is 0 Å². The van der Waals surface area contributed by atoms with Crippen molar-refractivity contribution in [2.24, 2.45) is 29.6 Å². The summed E-state index contributed by atoms with van der Waals surface area (Å²) in [5.41, 5.74) is -0.588. The van der Waals surface area contributed by atoms with Gasteiger partial charge in [0, 0.05) is 24.7 Å². The second-order valence-corrected chi connectivity index (χ2v) is 10.1. The van der Waals surface area contributed by atoms with E-state index in [9.17, 15) is 14.7 Å². The molecule has 4 aliphatic heterocycles. The van der Waals surface area contributed by atoms with Crippen molar-refractivity contribution in [1.29, 1.82) is 0 Å². The van der Waals surface area contributed by atoms with Gasteiger partial charge in [-0.3, -0.25) is 9.59 Å². The number of cyclic esters (lactones) is 1. The third-order valence-electron chi connectivity index (χ3n) is 8.92. The Labute approximate surface area is 166 Å². The van der Waals surface area contributed by atoms with E-state index in [0.29, 0.717) is 5.92 Å². The number of esters is 2. The van der Waals surface area contributed by atoms with Gasteiger partial charge in [-0.25, -0.2) is 0 Å². The van der Waals surface area contributed by atoms with Gasteiger partial charge in [0.15, 0.2) is 11.7 Å². The molecule has 0 aromatic rings. The first kappa shape index (κ1) is 18.9. The predicted molar refractivity (Wildman–Crippen MR) is 100 cm³/mol. The van der Waals surface area contributed by atoms with Crippen LogP contribution in [0.3, 0.4) is 0 Å². The van der Waals surface area contributed by atoms with Crippen molar-refractivity contribution in [3.05, 3.63) is 0 Å². The zero-order valence-electron chi connectivity index (χ0n) is 17.2. The summed E-state index contributed by atoms with van der Waals surface area (Å²) < 4.78 is 12.0. The van der Waals surface area contributed by atoms with Crippen molar-refractivity contribution >= 4 is 11.9 Å². The van der Waals surface area contributed by atoms with Crippen molar-refractivity contribution in [3.63, 3.8) is 0 Å². The van der Waals surface area contributed by atoms with E-state index < -0.39 is 11.7 Å². The Morgan fingerprint density at radius 3 is 2.68 bits per heavy atom. The van der Waals surface area contributed by atoms with E-state index in [-0.39, 0.29) is 53.8 Å². The topological polar surface area (TPSA) is 77.3 Å². The standard InChI is InChI=1S/C22H33NO5/c1-4-13-14-7-5-6-8-23-15(16-9-11(2)20(25)27-16)10-22(19(14)23)17(18(13)24)12(3)21(26)28-22/h11-19,24H,4-10H2,1-3H3/p+1. The third kappa shape index (κ3) is 2.33. The monoisotopic (exact) mass is 392 g/mol. The molecule has 11 atom stereocenters. The van der Waals surface area contributed by atoms with Crippen LogP contribution in [0.5, 0.6) is 0 Å². The second kappa shape index (κ2) is 6.43. The fourth-order valence-corrected chi connectivity index (χ4v) is 7.85. The first-order valence-electron chi connectivity index (χ1n) is 11.4. The number of rotatable bonds is 2. The molecule has 4 saturated heterocycles. The molecule has 5 fully saturated rings. The minimum atomic E-state index is -0.588. The average Bonchev–Trinajstić information content (AvgIpc) is 3.16. The summed E-state index contributed by atoms with van der Waals surface area (Å²) in [4.78, 5) is 26.3. The van der Waals surface area contributed by atoms with Crippen molar-refractivity contribution in [1.82, 2.24) is 0 Å². The fourth-order valence-electron chi connectivity index (χ4n) is 7.85. The molecule has 0 radical (unpaired) electrons. The Kier molecular flexibility index (Phi) is 4.33. The summed E-state index contributed by atoms with van der Waals surface area (Å²) in [6.45, 7) is 7.09. The Bertz CT molecular complexity index is 682. The van der Waals surface area contributed by atoms with E-state index in [0.717, 1.165) is 45.1 Å². The summed E-state index contributed by atoms with van der Waals surface area (Å²) in [6, 6.07) is 0.393. The molecular weight excluding hydrogens is 358 g/mol. The third-order valence-corrected chi connectivity index (χ3v) is 8.92. The average molecular weight is 393 g/mol. The number of nitrogens with one attached hydrogen (secondary N) is 1. The van der Waals surface area contributed by atoms with Crippen LogP contribution in [0.1, 0.15) is 59.3 Å². The van der Waals surface area contributed by atoms with E-state index in [1.807, 2.05) is 13.8 Å².